The Bertz CT molecular complexity index is 3620. The van der Waals surface area contributed by atoms with Gasteiger partial charge in [0.1, 0.15) is 0 Å². The van der Waals surface area contributed by atoms with Gasteiger partial charge >= 0.3 is 0 Å². The zero-order valence-electron chi connectivity index (χ0n) is 34.5. The van der Waals surface area contributed by atoms with E-state index in [4.69, 9.17) is 0 Å². The first kappa shape index (κ1) is 35.7. The molecule has 0 N–H and O–H groups in total. The molecule has 0 fully saturated rings. The fraction of sp³-hybridized carbons (Fsp3) is 0. The molecule has 2 nitrogen and oxygen atoms in total. The Hall–Kier alpha value is -7.98. The van der Waals surface area contributed by atoms with Crippen molar-refractivity contribution >= 4 is 72.4 Å². The number of hydrogen-bond acceptors (Lipinski definition) is 0. The monoisotopic (exact) mass is 816 g/mol. The fourth-order valence-electron chi connectivity index (χ4n) is 10.8. The molecule has 0 saturated heterocycles. The van der Waals surface area contributed by atoms with Gasteiger partial charge in [-0.05, 0) is 103 Å². The lowest BCUT2D eigenvalue weighted by atomic mass is 10.0. The zero-order valence-corrected chi connectivity index (χ0v) is 35.5. The van der Waals surface area contributed by atoms with E-state index in [2.05, 4.69) is 252 Å². The van der Waals surface area contributed by atoms with Crippen molar-refractivity contribution in [2.75, 3.05) is 0 Å². The van der Waals surface area contributed by atoms with Gasteiger partial charge in [0.15, 0.2) is 8.07 Å². The van der Waals surface area contributed by atoms with Crippen molar-refractivity contribution in [3.8, 4) is 44.8 Å². The third kappa shape index (κ3) is 5.30. The predicted molar refractivity (Wildman–Crippen MR) is 269 cm³/mol. The van der Waals surface area contributed by atoms with Crippen molar-refractivity contribution in [2.45, 2.75) is 0 Å². The van der Waals surface area contributed by atoms with Crippen LogP contribution in [0.4, 0.5) is 0 Å². The summed E-state index contributed by atoms with van der Waals surface area (Å²) in [6.45, 7) is 0. The summed E-state index contributed by atoms with van der Waals surface area (Å²) in [4.78, 5) is 0. The van der Waals surface area contributed by atoms with Gasteiger partial charge in [-0.2, -0.15) is 0 Å². The molecule has 13 rings (SSSR count). The van der Waals surface area contributed by atoms with Gasteiger partial charge < -0.3 is 9.13 Å². The lowest BCUT2D eigenvalue weighted by molar-refractivity contribution is 1.17. The number of hydrogen-bond donors (Lipinski definition) is 0. The van der Waals surface area contributed by atoms with E-state index < -0.39 is 8.07 Å². The van der Waals surface area contributed by atoms with Gasteiger partial charge in [-0.1, -0.05) is 194 Å². The third-order valence-corrected chi connectivity index (χ3v) is 18.3. The number of fused-ring (bicyclic) bond motifs is 8. The third-order valence-electron chi connectivity index (χ3n) is 13.6. The average Bonchev–Trinajstić information content (AvgIpc) is 3.88. The molecule has 1 aliphatic heterocycles. The van der Waals surface area contributed by atoms with Crippen molar-refractivity contribution in [2.24, 2.45) is 0 Å². The lowest BCUT2D eigenvalue weighted by Crippen LogP contribution is -2.76. The molecule has 10 aromatic carbocycles. The van der Waals surface area contributed by atoms with E-state index in [-0.39, 0.29) is 0 Å². The van der Waals surface area contributed by atoms with Crippen LogP contribution in [0, 0.1) is 0 Å². The van der Waals surface area contributed by atoms with E-state index in [1.54, 1.807) is 0 Å². The Balaban J connectivity index is 1.18. The molecule has 0 spiro atoms. The Morgan fingerprint density at radius 3 is 1.40 bits per heavy atom. The van der Waals surface area contributed by atoms with E-state index in [1.807, 2.05) is 0 Å². The summed E-state index contributed by atoms with van der Waals surface area (Å²) < 4.78 is 5.11. The molecule has 0 aliphatic carbocycles. The van der Waals surface area contributed by atoms with Crippen LogP contribution in [-0.2, 0) is 0 Å². The first-order valence-electron chi connectivity index (χ1n) is 21.8. The summed E-state index contributed by atoms with van der Waals surface area (Å²) in [5.74, 6) is 0. The Kier molecular flexibility index (Phi) is 7.96. The van der Waals surface area contributed by atoms with E-state index in [0.29, 0.717) is 0 Å². The first-order valence-corrected chi connectivity index (χ1v) is 23.8. The van der Waals surface area contributed by atoms with E-state index in [0.717, 1.165) is 0 Å². The summed E-state index contributed by atoms with van der Waals surface area (Å²) in [7, 11) is -3.05. The van der Waals surface area contributed by atoms with Gasteiger partial charge in [0, 0.05) is 32.9 Å². The molecule has 1 atom stereocenters. The van der Waals surface area contributed by atoms with Crippen LogP contribution in [0.25, 0.3) is 88.4 Å². The van der Waals surface area contributed by atoms with Crippen molar-refractivity contribution in [3.05, 3.63) is 243 Å². The standard InChI is InChI=1S/C60H40N2Si/c1-5-18-41(19-6-1)44-24-17-27-49(36-44)63(48-25-11-4-12-26-48)58-31-16-15-30-57(58)62-54-29-14-13-28-50(54)53-39-47(40-59(63)60(53)62)61-55-34-32-45(42-20-7-2-8-21-42)37-51(55)52-38-46(33-35-56(52)61)43-22-9-3-10-23-43/h1-40H. The number of aromatic nitrogens is 2. The maximum absolute atomic E-state index is 3.05. The van der Waals surface area contributed by atoms with Crippen LogP contribution < -0.4 is 20.7 Å². The van der Waals surface area contributed by atoms with Crippen molar-refractivity contribution < 1.29 is 0 Å². The molecule has 2 aromatic heterocycles. The van der Waals surface area contributed by atoms with Gasteiger partial charge in [-0.25, -0.2) is 0 Å². The van der Waals surface area contributed by atoms with Crippen LogP contribution in [0.2, 0.25) is 0 Å². The second kappa shape index (κ2) is 14.0. The number of rotatable bonds is 6. The molecule has 12 aromatic rings. The Morgan fingerprint density at radius 2 is 0.762 bits per heavy atom. The largest absolute Gasteiger partial charge is 0.309 e. The van der Waals surface area contributed by atoms with Gasteiger partial charge in [-0.15, -0.1) is 0 Å². The maximum atomic E-state index is 2.58. The maximum Gasteiger partial charge on any atom is 0.184 e. The van der Waals surface area contributed by atoms with Gasteiger partial charge in [0.05, 0.1) is 22.1 Å². The second-order valence-corrected chi connectivity index (χ2v) is 20.6. The molecule has 3 heterocycles. The minimum Gasteiger partial charge on any atom is -0.309 e. The molecule has 0 radical (unpaired) electrons. The SMILES string of the molecule is c1ccc(-c2cccc([Si]3(c4ccccc4)c4ccccc4-n4c5ccccc5c5cc(-n6c7ccc(-c8ccccc8)cc7c7cc(-c8ccccc8)ccc76)cc3c54)c2)cc1. The highest BCUT2D eigenvalue weighted by atomic mass is 28.3. The van der Waals surface area contributed by atoms with E-state index in [1.165, 1.54) is 109 Å². The van der Waals surface area contributed by atoms with E-state index in [9.17, 15) is 0 Å². The number of benzene rings is 10. The highest BCUT2D eigenvalue weighted by molar-refractivity contribution is 7.21. The topological polar surface area (TPSA) is 9.86 Å². The van der Waals surface area contributed by atoms with Crippen LogP contribution in [0.15, 0.2) is 243 Å². The Morgan fingerprint density at radius 1 is 0.270 bits per heavy atom. The molecule has 0 bridgehead atoms. The van der Waals surface area contributed by atoms with Crippen LogP contribution in [0.1, 0.15) is 0 Å². The predicted octanol–water partition coefficient (Wildman–Crippen LogP) is 12.6. The van der Waals surface area contributed by atoms with Crippen LogP contribution in [0.5, 0.6) is 0 Å². The molecule has 1 unspecified atom stereocenters. The van der Waals surface area contributed by atoms with Gasteiger partial charge in [0.25, 0.3) is 0 Å². The van der Waals surface area contributed by atoms with Crippen LogP contribution in [-0.4, -0.2) is 17.2 Å². The second-order valence-electron chi connectivity index (χ2n) is 16.9. The van der Waals surface area contributed by atoms with Crippen LogP contribution >= 0.6 is 0 Å². The van der Waals surface area contributed by atoms with Crippen molar-refractivity contribution in [1.29, 1.82) is 0 Å². The van der Waals surface area contributed by atoms with Crippen molar-refractivity contribution in [3.63, 3.8) is 0 Å². The van der Waals surface area contributed by atoms with E-state index >= 15 is 0 Å². The minimum absolute atomic E-state index is 1.17. The summed E-state index contributed by atoms with van der Waals surface area (Å²) in [5.41, 5.74) is 14.7. The average molecular weight is 817 g/mol. The number of para-hydroxylation sites is 2. The molecule has 63 heavy (non-hydrogen) atoms. The quantitative estimate of drug-likeness (QED) is 0.148. The van der Waals surface area contributed by atoms with Crippen LogP contribution in [0.3, 0.4) is 0 Å². The van der Waals surface area contributed by atoms with Gasteiger partial charge in [0.2, 0.25) is 0 Å². The summed E-state index contributed by atoms with van der Waals surface area (Å²) in [6, 6.07) is 90.7. The summed E-state index contributed by atoms with van der Waals surface area (Å²) >= 11 is 0. The molecular weight excluding hydrogens is 777 g/mol. The highest BCUT2D eigenvalue weighted by Gasteiger charge is 2.48. The fourth-order valence-corrected chi connectivity index (χ4v) is 16.0. The Labute approximate surface area is 367 Å². The molecule has 294 valence electrons. The molecule has 3 heteroatoms. The molecule has 1 aliphatic rings. The highest BCUT2D eigenvalue weighted by Crippen LogP contribution is 2.41. The molecule has 0 amide bonds. The smallest absolute Gasteiger partial charge is 0.184 e. The number of nitrogens with zero attached hydrogens (tertiary/aromatic N) is 2. The summed E-state index contributed by atoms with van der Waals surface area (Å²) in [6.07, 6.45) is 0. The molecular formula is C60H40N2Si. The first-order chi connectivity index (χ1) is 31.3. The molecule has 0 saturated carbocycles. The van der Waals surface area contributed by atoms with Gasteiger partial charge in [-0.3, -0.25) is 0 Å². The zero-order chi connectivity index (χ0) is 41.5. The normalized spacial score (nSPS) is 14.4. The lowest BCUT2D eigenvalue weighted by Gasteiger charge is -2.40. The summed E-state index contributed by atoms with van der Waals surface area (Å²) in [5, 5.41) is 10.6. The minimum atomic E-state index is -3.05. The van der Waals surface area contributed by atoms with Crippen molar-refractivity contribution in [1.82, 2.24) is 9.13 Å².